The summed E-state index contributed by atoms with van der Waals surface area (Å²) in [6, 6.07) is 5.29. The summed E-state index contributed by atoms with van der Waals surface area (Å²) >= 11 is 1.41. The Kier molecular flexibility index (Phi) is 5.03. The van der Waals surface area contributed by atoms with Gasteiger partial charge in [0.25, 0.3) is 5.91 Å². The first-order valence-electron chi connectivity index (χ1n) is 9.18. The number of nitrogens with zero attached hydrogens (tertiary/aromatic N) is 2. The number of aliphatic carboxylic acids is 2. The molecule has 4 aliphatic heterocycles. The molecule has 1 atom stereocenters. The van der Waals surface area contributed by atoms with E-state index in [2.05, 4.69) is 10.2 Å². The van der Waals surface area contributed by atoms with E-state index in [4.69, 9.17) is 5.11 Å². The first-order valence-corrected chi connectivity index (χ1v) is 10.2. The first-order chi connectivity index (χ1) is 13.4. The number of rotatable bonds is 5. The van der Waals surface area contributed by atoms with Crippen molar-refractivity contribution in [3.8, 4) is 0 Å². The molecule has 1 aromatic rings. The zero-order valence-electron chi connectivity index (χ0n) is 15.1. The number of nitrogens with one attached hydrogen (secondary N) is 1. The smallest absolute Gasteiger partial charge is 0.352 e. The molecule has 4 heterocycles. The highest BCUT2D eigenvalue weighted by atomic mass is 32.2. The van der Waals surface area contributed by atoms with Crippen LogP contribution in [0.2, 0.25) is 0 Å². The molecule has 0 radical (unpaired) electrons. The van der Waals surface area contributed by atoms with E-state index in [9.17, 15) is 19.5 Å². The number of anilines is 1. The van der Waals surface area contributed by atoms with Gasteiger partial charge in [-0.25, -0.2) is 9.59 Å². The van der Waals surface area contributed by atoms with Crippen molar-refractivity contribution < 1.29 is 24.6 Å². The third-order valence-electron chi connectivity index (χ3n) is 5.60. The number of carbonyl (C=O) groups excluding carboxylic acids is 1. The molecule has 8 nitrogen and oxygen atoms in total. The lowest BCUT2D eigenvalue weighted by molar-refractivity contribution is -0.135. The van der Waals surface area contributed by atoms with Crippen LogP contribution in [0.4, 0.5) is 5.69 Å². The molecule has 9 heteroatoms. The van der Waals surface area contributed by atoms with Gasteiger partial charge in [-0.3, -0.25) is 4.79 Å². The van der Waals surface area contributed by atoms with E-state index in [1.165, 1.54) is 16.7 Å². The highest BCUT2D eigenvalue weighted by molar-refractivity contribution is 7.99. The van der Waals surface area contributed by atoms with Gasteiger partial charge in [-0.15, -0.1) is 11.8 Å². The summed E-state index contributed by atoms with van der Waals surface area (Å²) in [4.78, 5) is 39.9. The molecular weight excluding hydrogens is 382 g/mol. The lowest BCUT2D eigenvalue weighted by atomic mass is 9.84. The summed E-state index contributed by atoms with van der Waals surface area (Å²) in [6.07, 6.45) is 2.88. The van der Waals surface area contributed by atoms with Crippen LogP contribution in [0.1, 0.15) is 23.2 Å². The van der Waals surface area contributed by atoms with E-state index in [1.807, 2.05) is 0 Å². The van der Waals surface area contributed by atoms with Crippen LogP contribution in [0.5, 0.6) is 0 Å². The molecule has 0 saturated carbocycles. The standard InChI is InChI=1S/C19H21N3O5S/c23-17(24)8-15(19(26)27)22-10-28-16-2-1-12(7-14(16)22)18(25)20-13-9-21-5-3-11(13)4-6-21/h1-2,7-8,11,13H,3-6,9-10H2,(H,20,25)(H,23,24)(H,26,27)/b15-8+/t13-/m0/s1. The third kappa shape index (κ3) is 3.59. The number of thioether (sulfide) groups is 1. The van der Waals surface area contributed by atoms with Crippen molar-refractivity contribution in [2.45, 2.75) is 23.8 Å². The Morgan fingerprint density at radius 2 is 1.93 bits per heavy atom. The summed E-state index contributed by atoms with van der Waals surface area (Å²) < 4.78 is 0. The lowest BCUT2D eigenvalue weighted by Gasteiger charge is -2.44. The van der Waals surface area contributed by atoms with Crippen LogP contribution in [-0.2, 0) is 9.59 Å². The lowest BCUT2D eigenvalue weighted by Crippen LogP contribution is -2.57. The van der Waals surface area contributed by atoms with Crippen LogP contribution in [0.3, 0.4) is 0 Å². The number of carboxylic acids is 2. The second-order valence-electron chi connectivity index (χ2n) is 7.27. The average Bonchev–Trinajstić information content (AvgIpc) is 3.09. The summed E-state index contributed by atoms with van der Waals surface area (Å²) in [5.74, 6) is -2.04. The van der Waals surface area contributed by atoms with E-state index in [0.29, 0.717) is 23.2 Å². The molecule has 148 valence electrons. The van der Waals surface area contributed by atoms with E-state index < -0.39 is 11.9 Å². The Labute approximate surface area is 166 Å². The minimum Gasteiger partial charge on any atom is -0.478 e. The van der Waals surface area contributed by atoms with E-state index in [-0.39, 0.29) is 23.5 Å². The molecule has 5 rings (SSSR count). The second-order valence-corrected chi connectivity index (χ2v) is 8.26. The van der Waals surface area contributed by atoms with Gasteiger partial charge >= 0.3 is 11.9 Å². The van der Waals surface area contributed by atoms with Gasteiger partial charge in [0.2, 0.25) is 0 Å². The van der Waals surface area contributed by atoms with Crippen molar-refractivity contribution in [3.05, 3.63) is 35.5 Å². The molecule has 1 aromatic carbocycles. The number of carbonyl (C=O) groups is 3. The number of benzene rings is 1. The van der Waals surface area contributed by atoms with Crippen LogP contribution >= 0.6 is 11.8 Å². The van der Waals surface area contributed by atoms with Gasteiger partial charge in [-0.1, -0.05) is 0 Å². The van der Waals surface area contributed by atoms with Gasteiger partial charge in [0.1, 0.15) is 5.70 Å². The van der Waals surface area contributed by atoms with Crippen LogP contribution in [0, 0.1) is 5.92 Å². The molecular formula is C19H21N3O5S. The highest BCUT2D eigenvalue weighted by Crippen LogP contribution is 2.41. The zero-order valence-corrected chi connectivity index (χ0v) is 15.9. The summed E-state index contributed by atoms with van der Waals surface area (Å²) in [6.45, 7) is 3.06. The average molecular weight is 403 g/mol. The van der Waals surface area contributed by atoms with Crippen molar-refractivity contribution >= 4 is 35.3 Å². The predicted molar refractivity (Wildman–Crippen MR) is 103 cm³/mol. The second kappa shape index (κ2) is 7.48. The summed E-state index contributed by atoms with van der Waals surface area (Å²) in [5.41, 5.74) is 0.665. The molecule has 2 bridgehead atoms. The Bertz CT molecular complexity index is 863. The number of hydrogen-bond donors (Lipinski definition) is 3. The maximum atomic E-state index is 12.8. The quantitative estimate of drug-likeness (QED) is 0.634. The first kappa shape index (κ1) is 18.8. The molecule has 3 saturated heterocycles. The molecule has 28 heavy (non-hydrogen) atoms. The number of carboxylic acid groups (broad SMARTS) is 2. The largest absolute Gasteiger partial charge is 0.478 e. The van der Waals surface area contributed by atoms with Gasteiger partial charge in [0.05, 0.1) is 17.6 Å². The minimum atomic E-state index is -1.33. The number of fused-ring (bicyclic) bond motifs is 4. The monoisotopic (exact) mass is 403 g/mol. The fraction of sp³-hybridized carbons (Fsp3) is 0.421. The number of piperidine rings is 3. The van der Waals surface area contributed by atoms with Crippen molar-refractivity contribution in [2.24, 2.45) is 5.92 Å². The molecule has 3 fully saturated rings. The van der Waals surface area contributed by atoms with Gasteiger partial charge in [0, 0.05) is 23.0 Å². The van der Waals surface area contributed by atoms with Crippen LogP contribution in [-0.4, -0.2) is 64.5 Å². The third-order valence-corrected chi connectivity index (χ3v) is 6.65. The van der Waals surface area contributed by atoms with Gasteiger partial charge < -0.3 is 25.3 Å². The van der Waals surface area contributed by atoms with Gasteiger partial charge in [-0.2, -0.15) is 0 Å². The summed E-state index contributed by atoms with van der Waals surface area (Å²) in [7, 11) is 0. The van der Waals surface area contributed by atoms with E-state index in [1.54, 1.807) is 18.2 Å². The van der Waals surface area contributed by atoms with Crippen molar-refractivity contribution in [1.29, 1.82) is 0 Å². The molecule has 0 aliphatic carbocycles. The van der Waals surface area contributed by atoms with Crippen molar-refractivity contribution in [3.63, 3.8) is 0 Å². The maximum Gasteiger partial charge on any atom is 0.352 e. The Balaban J connectivity index is 1.55. The molecule has 4 aliphatic rings. The Hall–Kier alpha value is -2.52. The predicted octanol–water partition coefficient (Wildman–Crippen LogP) is 1.43. The molecule has 0 spiro atoms. The molecule has 3 N–H and O–H groups in total. The molecule has 0 aromatic heterocycles. The topological polar surface area (TPSA) is 110 Å². The fourth-order valence-corrected chi connectivity index (χ4v) is 5.17. The summed E-state index contributed by atoms with van der Waals surface area (Å²) in [5, 5.41) is 21.5. The van der Waals surface area contributed by atoms with Crippen molar-refractivity contribution in [1.82, 2.24) is 10.2 Å². The van der Waals surface area contributed by atoms with E-state index >= 15 is 0 Å². The SMILES string of the molecule is O=C(O)/C=C(\C(=O)O)N1CSc2ccc(C(=O)N[C@H]3CN4CCC3CC4)cc21. The van der Waals surface area contributed by atoms with E-state index in [0.717, 1.165) is 37.4 Å². The van der Waals surface area contributed by atoms with Crippen molar-refractivity contribution in [2.75, 3.05) is 30.4 Å². The number of amides is 1. The van der Waals surface area contributed by atoms with Gasteiger partial charge in [-0.05, 0) is 50.0 Å². The molecule has 0 unspecified atom stereocenters. The van der Waals surface area contributed by atoms with Crippen LogP contribution < -0.4 is 10.2 Å². The highest BCUT2D eigenvalue weighted by Gasteiger charge is 2.35. The minimum absolute atomic E-state index is 0.134. The van der Waals surface area contributed by atoms with Gasteiger partial charge in [0.15, 0.2) is 0 Å². The Morgan fingerprint density at radius 3 is 2.54 bits per heavy atom. The maximum absolute atomic E-state index is 12.8. The fourth-order valence-electron chi connectivity index (χ4n) is 4.15. The van der Waals surface area contributed by atoms with Crippen LogP contribution in [0.25, 0.3) is 0 Å². The molecule has 1 amide bonds. The Morgan fingerprint density at radius 1 is 1.18 bits per heavy atom. The number of hydrogen-bond acceptors (Lipinski definition) is 6. The van der Waals surface area contributed by atoms with Crippen LogP contribution in [0.15, 0.2) is 34.9 Å². The zero-order chi connectivity index (χ0) is 19.8. The normalized spacial score (nSPS) is 26.1.